The first kappa shape index (κ1) is 11.9. The first-order chi connectivity index (χ1) is 8.18. The van der Waals surface area contributed by atoms with Crippen molar-refractivity contribution in [1.29, 1.82) is 0 Å². The lowest BCUT2D eigenvalue weighted by Gasteiger charge is -2.25. The van der Waals surface area contributed by atoms with Gasteiger partial charge in [-0.15, -0.1) is 0 Å². The van der Waals surface area contributed by atoms with E-state index in [4.69, 9.17) is 4.74 Å². The standard InChI is InChI=1S/C15H18O2/c1-3-17-14(16)15(2)11-7-10-13(15)12-8-5-4-6-9-12/h4-6,8-10H,3,7,11H2,1-2H3. The SMILES string of the molecule is CCOC(=O)C1(C)CCC=C1c1ccccc1. The zero-order chi connectivity index (χ0) is 12.3. The molecule has 1 aliphatic carbocycles. The molecule has 0 N–H and O–H groups in total. The second kappa shape index (κ2) is 4.74. The topological polar surface area (TPSA) is 26.3 Å². The molecule has 90 valence electrons. The van der Waals surface area contributed by atoms with Gasteiger partial charge >= 0.3 is 5.97 Å². The van der Waals surface area contributed by atoms with Crippen LogP contribution in [0.5, 0.6) is 0 Å². The predicted octanol–water partition coefficient (Wildman–Crippen LogP) is 3.43. The Kier molecular flexibility index (Phi) is 3.32. The van der Waals surface area contributed by atoms with E-state index in [1.165, 1.54) is 0 Å². The number of hydrogen-bond donors (Lipinski definition) is 0. The fraction of sp³-hybridized carbons (Fsp3) is 0.400. The van der Waals surface area contributed by atoms with Crippen molar-refractivity contribution >= 4 is 11.5 Å². The Morgan fingerprint density at radius 2 is 2.06 bits per heavy atom. The second-order valence-corrected chi connectivity index (χ2v) is 4.58. The molecule has 1 aromatic rings. The van der Waals surface area contributed by atoms with Gasteiger partial charge in [-0.05, 0) is 37.8 Å². The minimum Gasteiger partial charge on any atom is -0.465 e. The van der Waals surface area contributed by atoms with Gasteiger partial charge in [0.25, 0.3) is 0 Å². The molecule has 1 aliphatic rings. The van der Waals surface area contributed by atoms with E-state index in [0.717, 1.165) is 24.0 Å². The lowest BCUT2D eigenvalue weighted by molar-refractivity contribution is -0.150. The van der Waals surface area contributed by atoms with E-state index in [-0.39, 0.29) is 5.97 Å². The molecule has 2 heteroatoms. The van der Waals surface area contributed by atoms with Gasteiger partial charge in [0.2, 0.25) is 0 Å². The Labute approximate surface area is 102 Å². The van der Waals surface area contributed by atoms with Gasteiger partial charge in [-0.25, -0.2) is 0 Å². The number of allylic oxidation sites excluding steroid dienone is 1. The quantitative estimate of drug-likeness (QED) is 0.743. The number of hydrogen-bond acceptors (Lipinski definition) is 2. The van der Waals surface area contributed by atoms with Crippen LogP contribution in [0.4, 0.5) is 0 Å². The van der Waals surface area contributed by atoms with Crippen LogP contribution in [-0.2, 0) is 9.53 Å². The molecule has 0 fully saturated rings. The highest BCUT2D eigenvalue weighted by atomic mass is 16.5. The number of carbonyl (C=O) groups is 1. The highest BCUT2D eigenvalue weighted by molar-refractivity contribution is 5.94. The smallest absolute Gasteiger partial charge is 0.316 e. The molecular formula is C15H18O2. The maximum Gasteiger partial charge on any atom is 0.316 e. The summed E-state index contributed by atoms with van der Waals surface area (Å²) in [5, 5.41) is 0. The van der Waals surface area contributed by atoms with Crippen molar-refractivity contribution < 1.29 is 9.53 Å². The Balaban J connectivity index is 2.31. The summed E-state index contributed by atoms with van der Waals surface area (Å²) in [6.07, 6.45) is 3.95. The van der Waals surface area contributed by atoms with Crippen molar-refractivity contribution in [3.05, 3.63) is 42.0 Å². The normalized spacial score (nSPS) is 23.3. The molecule has 2 rings (SSSR count). The first-order valence-electron chi connectivity index (χ1n) is 6.12. The van der Waals surface area contributed by atoms with Crippen LogP contribution in [0.25, 0.3) is 5.57 Å². The van der Waals surface area contributed by atoms with Crippen LogP contribution in [0.1, 0.15) is 32.3 Å². The van der Waals surface area contributed by atoms with Crippen molar-refractivity contribution in [3.63, 3.8) is 0 Å². The summed E-state index contributed by atoms with van der Waals surface area (Å²) in [5.74, 6) is -0.104. The maximum absolute atomic E-state index is 12.1. The summed E-state index contributed by atoms with van der Waals surface area (Å²) in [6, 6.07) is 10.1. The summed E-state index contributed by atoms with van der Waals surface area (Å²) >= 11 is 0. The fourth-order valence-electron chi connectivity index (χ4n) is 2.42. The van der Waals surface area contributed by atoms with Crippen LogP contribution in [0.2, 0.25) is 0 Å². The highest BCUT2D eigenvalue weighted by Gasteiger charge is 2.41. The van der Waals surface area contributed by atoms with Crippen molar-refractivity contribution in [1.82, 2.24) is 0 Å². The van der Waals surface area contributed by atoms with Gasteiger partial charge < -0.3 is 4.74 Å². The van der Waals surface area contributed by atoms with Crippen molar-refractivity contribution in [2.24, 2.45) is 5.41 Å². The van der Waals surface area contributed by atoms with Gasteiger partial charge in [0.15, 0.2) is 0 Å². The molecule has 17 heavy (non-hydrogen) atoms. The summed E-state index contributed by atoms with van der Waals surface area (Å²) in [4.78, 5) is 12.1. The third-order valence-electron chi connectivity index (χ3n) is 3.40. The van der Waals surface area contributed by atoms with Crippen LogP contribution < -0.4 is 0 Å². The van der Waals surface area contributed by atoms with E-state index in [1.54, 1.807) is 0 Å². The molecule has 0 spiro atoms. The van der Waals surface area contributed by atoms with E-state index >= 15 is 0 Å². The molecule has 0 amide bonds. The lowest BCUT2D eigenvalue weighted by atomic mass is 9.80. The third kappa shape index (κ3) is 2.12. The Bertz CT molecular complexity index is 433. The van der Waals surface area contributed by atoms with Crippen LogP contribution in [0, 0.1) is 5.41 Å². The number of carbonyl (C=O) groups excluding carboxylic acids is 1. The van der Waals surface area contributed by atoms with Crippen molar-refractivity contribution in [2.45, 2.75) is 26.7 Å². The zero-order valence-corrected chi connectivity index (χ0v) is 10.4. The van der Waals surface area contributed by atoms with E-state index < -0.39 is 5.41 Å². The van der Waals surface area contributed by atoms with Crippen LogP contribution >= 0.6 is 0 Å². The van der Waals surface area contributed by atoms with Crippen LogP contribution in [-0.4, -0.2) is 12.6 Å². The van der Waals surface area contributed by atoms with Gasteiger partial charge in [-0.2, -0.15) is 0 Å². The first-order valence-corrected chi connectivity index (χ1v) is 6.12. The molecule has 1 unspecified atom stereocenters. The van der Waals surface area contributed by atoms with Gasteiger partial charge in [-0.3, -0.25) is 4.79 Å². The number of benzene rings is 1. The highest BCUT2D eigenvalue weighted by Crippen LogP contribution is 2.45. The van der Waals surface area contributed by atoms with Crippen molar-refractivity contribution in [3.8, 4) is 0 Å². The minimum absolute atomic E-state index is 0.104. The molecule has 0 aliphatic heterocycles. The predicted molar refractivity (Wildman–Crippen MR) is 68.4 cm³/mol. The number of esters is 1. The van der Waals surface area contributed by atoms with Gasteiger partial charge in [0.1, 0.15) is 0 Å². The van der Waals surface area contributed by atoms with Gasteiger partial charge in [0, 0.05) is 0 Å². The van der Waals surface area contributed by atoms with E-state index in [1.807, 2.05) is 32.0 Å². The molecule has 0 aromatic heterocycles. The minimum atomic E-state index is -0.475. The summed E-state index contributed by atoms with van der Waals surface area (Å²) in [5.41, 5.74) is 1.76. The number of rotatable bonds is 3. The Hall–Kier alpha value is -1.57. The molecule has 0 heterocycles. The zero-order valence-electron chi connectivity index (χ0n) is 10.4. The van der Waals surface area contributed by atoms with Gasteiger partial charge in [-0.1, -0.05) is 36.4 Å². The maximum atomic E-state index is 12.1. The van der Waals surface area contributed by atoms with E-state index in [2.05, 4.69) is 18.2 Å². The molecule has 0 saturated carbocycles. The Morgan fingerprint density at radius 1 is 1.35 bits per heavy atom. The van der Waals surface area contributed by atoms with Crippen molar-refractivity contribution in [2.75, 3.05) is 6.61 Å². The molecule has 0 saturated heterocycles. The fourth-order valence-corrected chi connectivity index (χ4v) is 2.42. The summed E-state index contributed by atoms with van der Waals surface area (Å²) < 4.78 is 5.20. The Morgan fingerprint density at radius 3 is 2.71 bits per heavy atom. The molecule has 0 radical (unpaired) electrons. The summed E-state index contributed by atoms with van der Waals surface area (Å²) in [6.45, 7) is 4.27. The summed E-state index contributed by atoms with van der Waals surface area (Å²) in [7, 11) is 0. The van der Waals surface area contributed by atoms with Gasteiger partial charge in [0.05, 0.1) is 12.0 Å². The van der Waals surface area contributed by atoms with E-state index in [9.17, 15) is 4.79 Å². The van der Waals surface area contributed by atoms with Crippen LogP contribution in [0.15, 0.2) is 36.4 Å². The second-order valence-electron chi connectivity index (χ2n) is 4.58. The molecule has 2 nitrogen and oxygen atoms in total. The number of ether oxygens (including phenoxy) is 1. The molecule has 1 atom stereocenters. The molecule has 1 aromatic carbocycles. The third-order valence-corrected chi connectivity index (χ3v) is 3.40. The van der Waals surface area contributed by atoms with Crippen LogP contribution in [0.3, 0.4) is 0 Å². The largest absolute Gasteiger partial charge is 0.465 e. The molecule has 0 bridgehead atoms. The monoisotopic (exact) mass is 230 g/mol. The van der Waals surface area contributed by atoms with E-state index in [0.29, 0.717) is 6.61 Å². The average Bonchev–Trinajstić information content (AvgIpc) is 2.74. The molecular weight excluding hydrogens is 212 g/mol. The average molecular weight is 230 g/mol. The lowest BCUT2D eigenvalue weighted by Crippen LogP contribution is -2.29.